The number of nitrogens with one attached hydrogen (secondary N) is 1. The monoisotopic (exact) mass is 230 g/mol. The summed E-state index contributed by atoms with van der Waals surface area (Å²) in [4.78, 5) is 0. The Morgan fingerprint density at radius 2 is 1.47 bits per heavy atom. The highest BCUT2D eigenvalue weighted by Crippen LogP contribution is 2.24. The van der Waals surface area contributed by atoms with Crippen molar-refractivity contribution in [1.82, 2.24) is 0 Å². The highest BCUT2D eigenvalue weighted by Gasteiger charge is 2.12. The smallest absolute Gasteiger partial charge is 0.0645 e. The Kier molecular flexibility index (Phi) is 1.86. The second-order valence-electron chi connectivity index (χ2n) is 4.95. The van der Waals surface area contributed by atoms with Crippen LogP contribution in [0, 0.1) is 0 Å². The molecular formula is C16H19N. The van der Waals surface area contributed by atoms with Crippen LogP contribution >= 0.6 is 0 Å². The Hall–Kier alpha value is -1.76. The molecule has 1 heteroatoms. The largest absolute Gasteiger partial charge is 0.356 e. The number of hydrogen-bond donors (Lipinski definition) is 1. The first-order chi connectivity index (χ1) is 10.1. The Morgan fingerprint density at radius 3 is 2.00 bits per heavy atom. The van der Waals surface area contributed by atoms with Crippen LogP contribution in [0.25, 0.3) is 0 Å². The SMILES string of the molecule is [2H]c1c([2H])c([2H])c(Nc2ccc(C(C)(C)C)cc2)c([2H])c1[2H]. The van der Waals surface area contributed by atoms with E-state index in [4.69, 9.17) is 6.85 Å². The maximum absolute atomic E-state index is 7.89. The second-order valence-corrected chi connectivity index (χ2v) is 4.95. The molecule has 0 aliphatic rings. The number of rotatable bonds is 2. The fraction of sp³-hybridized carbons (Fsp3) is 0.250. The maximum Gasteiger partial charge on any atom is 0.0645 e. The zero-order chi connectivity index (χ0) is 16.7. The summed E-state index contributed by atoms with van der Waals surface area (Å²) < 4.78 is 38.7. The van der Waals surface area contributed by atoms with Crippen molar-refractivity contribution in [3.05, 3.63) is 60.0 Å². The molecule has 0 atom stereocenters. The van der Waals surface area contributed by atoms with Gasteiger partial charge in [0.05, 0.1) is 6.85 Å². The third-order valence-corrected chi connectivity index (χ3v) is 2.52. The van der Waals surface area contributed by atoms with Crippen LogP contribution in [-0.4, -0.2) is 0 Å². The minimum Gasteiger partial charge on any atom is -0.356 e. The molecule has 0 spiro atoms. The average molecular weight is 230 g/mol. The van der Waals surface area contributed by atoms with Crippen molar-refractivity contribution in [2.24, 2.45) is 0 Å². The number of para-hydroxylation sites is 1. The maximum atomic E-state index is 7.89. The van der Waals surface area contributed by atoms with Crippen LogP contribution in [0.5, 0.6) is 0 Å². The zero-order valence-corrected chi connectivity index (χ0v) is 10.3. The molecular weight excluding hydrogens is 206 g/mol. The molecule has 2 rings (SSSR count). The summed E-state index contributed by atoms with van der Waals surface area (Å²) >= 11 is 0. The van der Waals surface area contributed by atoms with Gasteiger partial charge in [-0.1, -0.05) is 51.0 Å². The van der Waals surface area contributed by atoms with Gasteiger partial charge in [-0.3, -0.25) is 0 Å². The first kappa shape index (κ1) is 6.85. The van der Waals surface area contributed by atoms with E-state index in [0.717, 1.165) is 0 Å². The lowest BCUT2D eigenvalue weighted by Crippen LogP contribution is -2.10. The van der Waals surface area contributed by atoms with Crippen molar-refractivity contribution in [3.63, 3.8) is 0 Å². The van der Waals surface area contributed by atoms with E-state index in [0.29, 0.717) is 5.69 Å². The normalized spacial score (nSPS) is 15.4. The fourth-order valence-electron chi connectivity index (χ4n) is 1.51. The summed E-state index contributed by atoms with van der Waals surface area (Å²) in [6.07, 6.45) is 0. The average Bonchev–Trinajstić information content (AvgIpc) is 2.47. The van der Waals surface area contributed by atoms with Gasteiger partial charge < -0.3 is 5.32 Å². The second kappa shape index (κ2) is 4.62. The van der Waals surface area contributed by atoms with Gasteiger partial charge in [0.25, 0.3) is 0 Å². The van der Waals surface area contributed by atoms with E-state index in [9.17, 15) is 0 Å². The molecule has 17 heavy (non-hydrogen) atoms. The van der Waals surface area contributed by atoms with Gasteiger partial charge in [-0.05, 0) is 35.2 Å². The van der Waals surface area contributed by atoms with Crippen LogP contribution < -0.4 is 5.32 Å². The molecule has 2 aromatic carbocycles. The molecule has 0 bridgehead atoms. The minimum absolute atomic E-state index is 0.0370. The highest BCUT2D eigenvalue weighted by atomic mass is 14.9. The zero-order valence-electron chi connectivity index (χ0n) is 15.3. The lowest BCUT2D eigenvalue weighted by atomic mass is 9.87. The Bertz CT molecular complexity index is 673. The van der Waals surface area contributed by atoms with Gasteiger partial charge >= 0.3 is 0 Å². The van der Waals surface area contributed by atoms with Crippen molar-refractivity contribution < 1.29 is 6.85 Å². The summed E-state index contributed by atoms with van der Waals surface area (Å²) in [7, 11) is 0. The molecule has 0 amide bonds. The predicted molar refractivity (Wildman–Crippen MR) is 74.9 cm³/mol. The van der Waals surface area contributed by atoms with Gasteiger partial charge in [-0.2, -0.15) is 0 Å². The summed E-state index contributed by atoms with van der Waals surface area (Å²) in [5.41, 5.74) is 1.98. The standard InChI is InChI=1S/C16H19N/c1-16(2,3)13-9-11-15(12-10-13)17-14-7-5-4-6-8-14/h4-12,17H,1-3H3/i4D,5D,6D,7D,8D. The fourth-order valence-corrected chi connectivity index (χ4v) is 1.51. The molecule has 88 valence electrons. The van der Waals surface area contributed by atoms with Gasteiger partial charge in [-0.25, -0.2) is 0 Å². The lowest BCUT2D eigenvalue weighted by molar-refractivity contribution is 0.590. The van der Waals surface area contributed by atoms with Gasteiger partial charge in [0.2, 0.25) is 0 Å². The van der Waals surface area contributed by atoms with Crippen LogP contribution in [0.15, 0.2) is 54.5 Å². The van der Waals surface area contributed by atoms with E-state index in [-0.39, 0.29) is 41.3 Å². The summed E-state index contributed by atoms with van der Waals surface area (Å²) in [5.74, 6) is 0. The third-order valence-electron chi connectivity index (χ3n) is 2.52. The predicted octanol–water partition coefficient (Wildman–Crippen LogP) is 4.73. The summed E-state index contributed by atoms with van der Waals surface area (Å²) in [6, 6.07) is 6.11. The van der Waals surface area contributed by atoms with E-state index in [1.165, 1.54) is 5.56 Å². The molecule has 0 aliphatic carbocycles. The summed E-state index contributed by atoms with van der Waals surface area (Å²) in [6.45, 7) is 6.35. The molecule has 1 nitrogen and oxygen atoms in total. The quantitative estimate of drug-likeness (QED) is 0.786. The van der Waals surface area contributed by atoms with E-state index >= 15 is 0 Å². The van der Waals surface area contributed by atoms with Gasteiger partial charge in [0.15, 0.2) is 0 Å². The molecule has 1 N–H and O–H groups in total. The first-order valence-corrected chi connectivity index (χ1v) is 5.57. The van der Waals surface area contributed by atoms with E-state index < -0.39 is 0 Å². The molecule has 0 radical (unpaired) electrons. The lowest BCUT2D eigenvalue weighted by Gasteiger charge is -2.19. The molecule has 0 saturated heterocycles. The minimum atomic E-state index is -0.386. The number of hydrogen-bond acceptors (Lipinski definition) is 1. The highest BCUT2D eigenvalue weighted by molar-refractivity contribution is 5.59. The van der Waals surface area contributed by atoms with Crippen LogP contribution in [0.2, 0.25) is 0 Å². The Labute approximate surface area is 111 Å². The molecule has 0 heterocycles. The van der Waals surface area contributed by atoms with Gasteiger partial charge in [-0.15, -0.1) is 0 Å². The van der Waals surface area contributed by atoms with E-state index in [1.807, 2.05) is 24.3 Å². The molecule has 0 saturated carbocycles. The van der Waals surface area contributed by atoms with Crippen molar-refractivity contribution in [2.45, 2.75) is 26.2 Å². The van der Waals surface area contributed by atoms with E-state index in [1.54, 1.807) is 0 Å². The molecule has 2 aromatic rings. The number of benzene rings is 2. The van der Waals surface area contributed by atoms with Crippen molar-refractivity contribution in [3.8, 4) is 0 Å². The molecule has 0 aliphatic heterocycles. The van der Waals surface area contributed by atoms with Crippen molar-refractivity contribution in [2.75, 3.05) is 5.32 Å². The summed E-state index contributed by atoms with van der Waals surface area (Å²) in [5, 5.41) is 2.93. The molecule has 0 aromatic heterocycles. The van der Waals surface area contributed by atoms with E-state index in [2.05, 4.69) is 26.1 Å². The molecule has 0 unspecified atom stereocenters. The topological polar surface area (TPSA) is 12.0 Å². The number of anilines is 2. The van der Waals surface area contributed by atoms with Crippen LogP contribution in [0.3, 0.4) is 0 Å². The Morgan fingerprint density at radius 1 is 0.882 bits per heavy atom. The third kappa shape index (κ3) is 3.10. The van der Waals surface area contributed by atoms with Gasteiger partial charge in [0, 0.05) is 11.4 Å². The van der Waals surface area contributed by atoms with Gasteiger partial charge in [0.1, 0.15) is 0 Å². The van der Waals surface area contributed by atoms with Crippen molar-refractivity contribution in [1.29, 1.82) is 0 Å². The Balaban J connectivity index is 2.40. The van der Waals surface area contributed by atoms with Crippen molar-refractivity contribution >= 4 is 11.4 Å². The molecule has 0 fully saturated rings. The van der Waals surface area contributed by atoms with Crippen LogP contribution in [0.1, 0.15) is 33.2 Å². The van der Waals surface area contributed by atoms with Crippen LogP contribution in [0.4, 0.5) is 11.4 Å². The van der Waals surface area contributed by atoms with Crippen LogP contribution in [-0.2, 0) is 5.41 Å². The first-order valence-electron chi connectivity index (χ1n) is 8.07.